The fourth-order valence-corrected chi connectivity index (χ4v) is 4.26. The van der Waals surface area contributed by atoms with E-state index in [0.717, 1.165) is 10.5 Å². The van der Waals surface area contributed by atoms with Crippen LogP contribution in [0.25, 0.3) is 0 Å². The number of benzene rings is 2. The van der Waals surface area contributed by atoms with Crippen molar-refractivity contribution in [3.05, 3.63) is 68.7 Å². The van der Waals surface area contributed by atoms with E-state index in [4.69, 9.17) is 11.6 Å². The molecule has 0 spiro atoms. The molecule has 3 rings (SSSR count). The van der Waals surface area contributed by atoms with Crippen molar-refractivity contribution < 1.29 is 27.9 Å². The molecule has 2 aromatic carbocycles. The van der Waals surface area contributed by atoms with Gasteiger partial charge in [0.15, 0.2) is 11.6 Å². The van der Waals surface area contributed by atoms with E-state index < -0.39 is 28.1 Å². The average molecular weight is 533 g/mol. The van der Waals surface area contributed by atoms with Gasteiger partial charge in [0.25, 0.3) is 0 Å². The standard InChI is InChI=1S/C23H22BrClF3NO3/c24-17-6-3-15(4-7-17)20(30)2-1-11-29-12-9-22(32,10-13-29)21(31)16-5-8-19(25)18(14-16)23(26,27)28/h3-8,14,32H,1-2,9-13H2. The van der Waals surface area contributed by atoms with Crippen LogP contribution < -0.4 is 0 Å². The molecule has 9 heteroatoms. The summed E-state index contributed by atoms with van der Waals surface area (Å²) in [5.74, 6) is -0.686. The van der Waals surface area contributed by atoms with Gasteiger partial charge >= 0.3 is 6.18 Å². The van der Waals surface area contributed by atoms with Gasteiger partial charge in [-0.05, 0) is 56.1 Å². The van der Waals surface area contributed by atoms with Crippen molar-refractivity contribution in [1.82, 2.24) is 4.90 Å². The van der Waals surface area contributed by atoms with Crippen LogP contribution in [0.4, 0.5) is 13.2 Å². The predicted molar refractivity (Wildman–Crippen MR) is 119 cm³/mol. The number of alkyl halides is 3. The van der Waals surface area contributed by atoms with Gasteiger partial charge < -0.3 is 10.0 Å². The number of hydrogen-bond donors (Lipinski definition) is 1. The number of nitrogens with zero attached hydrogens (tertiary/aromatic N) is 1. The number of halogens is 5. The molecule has 0 aliphatic carbocycles. The fourth-order valence-electron chi connectivity index (χ4n) is 3.77. The Morgan fingerprint density at radius 1 is 1.06 bits per heavy atom. The first-order valence-electron chi connectivity index (χ1n) is 10.1. The lowest BCUT2D eigenvalue weighted by Gasteiger charge is -2.37. The number of carbonyl (C=O) groups is 2. The first-order chi connectivity index (χ1) is 15.0. The number of piperidine rings is 1. The molecule has 0 saturated carbocycles. The molecular formula is C23H22BrClF3NO3. The summed E-state index contributed by atoms with van der Waals surface area (Å²) in [6, 6.07) is 10.1. The van der Waals surface area contributed by atoms with Gasteiger partial charge in [-0.25, -0.2) is 0 Å². The molecule has 0 amide bonds. The molecule has 172 valence electrons. The van der Waals surface area contributed by atoms with Crippen LogP contribution >= 0.6 is 27.5 Å². The number of Topliss-reactive ketones (excluding diaryl/α,β-unsaturated/α-hetero) is 2. The van der Waals surface area contributed by atoms with Crippen LogP contribution in [0.15, 0.2) is 46.9 Å². The van der Waals surface area contributed by atoms with Crippen LogP contribution in [0.5, 0.6) is 0 Å². The highest BCUT2D eigenvalue weighted by Gasteiger charge is 2.41. The smallest absolute Gasteiger partial charge is 0.382 e. The van der Waals surface area contributed by atoms with Gasteiger partial charge in [0.05, 0.1) is 10.6 Å². The van der Waals surface area contributed by atoms with E-state index in [2.05, 4.69) is 15.9 Å². The lowest BCUT2D eigenvalue weighted by molar-refractivity contribution is -0.137. The Balaban J connectivity index is 1.53. The minimum Gasteiger partial charge on any atom is -0.382 e. The molecule has 0 bridgehead atoms. The molecule has 1 N–H and O–H groups in total. The van der Waals surface area contributed by atoms with Crippen molar-refractivity contribution in [2.45, 2.75) is 37.5 Å². The van der Waals surface area contributed by atoms with Crippen molar-refractivity contribution >= 4 is 39.1 Å². The van der Waals surface area contributed by atoms with Crippen molar-refractivity contribution in [3.63, 3.8) is 0 Å². The third-order valence-electron chi connectivity index (χ3n) is 5.68. The summed E-state index contributed by atoms with van der Waals surface area (Å²) < 4.78 is 40.2. The van der Waals surface area contributed by atoms with E-state index in [1.807, 2.05) is 17.0 Å². The summed E-state index contributed by atoms with van der Waals surface area (Å²) in [5.41, 5.74) is -2.38. The van der Waals surface area contributed by atoms with Crippen LogP contribution in [0.1, 0.15) is 52.0 Å². The summed E-state index contributed by atoms with van der Waals surface area (Å²) >= 11 is 8.95. The Labute approximate surface area is 197 Å². The SMILES string of the molecule is O=C(CCCN1CCC(O)(C(=O)c2ccc(Cl)c(C(F)(F)F)c2)CC1)c1ccc(Br)cc1. The minimum atomic E-state index is -4.69. The summed E-state index contributed by atoms with van der Waals surface area (Å²) in [5, 5.41) is 10.3. The fraction of sp³-hybridized carbons (Fsp3) is 0.391. The molecule has 1 aliphatic heterocycles. The number of rotatable bonds is 7. The predicted octanol–water partition coefficient (Wildman–Crippen LogP) is 5.79. The lowest BCUT2D eigenvalue weighted by Crippen LogP contribution is -2.49. The van der Waals surface area contributed by atoms with Crippen LogP contribution in [-0.4, -0.2) is 46.8 Å². The van der Waals surface area contributed by atoms with Crippen molar-refractivity contribution in [3.8, 4) is 0 Å². The Morgan fingerprint density at radius 3 is 2.25 bits per heavy atom. The number of carbonyl (C=O) groups excluding carboxylic acids is 2. The monoisotopic (exact) mass is 531 g/mol. The van der Waals surface area contributed by atoms with E-state index in [1.165, 1.54) is 6.07 Å². The highest BCUT2D eigenvalue weighted by Crippen LogP contribution is 2.36. The highest BCUT2D eigenvalue weighted by molar-refractivity contribution is 9.10. The molecule has 32 heavy (non-hydrogen) atoms. The van der Waals surface area contributed by atoms with E-state index in [0.29, 0.717) is 44.1 Å². The molecule has 1 heterocycles. The van der Waals surface area contributed by atoms with Crippen molar-refractivity contribution in [2.75, 3.05) is 19.6 Å². The number of ketones is 2. The molecule has 1 fully saturated rings. The average Bonchev–Trinajstić information content (AvgIpc) is 2.74. The zero-order valence-electron chi connectivity index (χ0n) is 17.1. The van der Waals surface area contributed by atoms with Gasteiger partial charge in [0.2, 0.25) is 0 Å². The normalized spacial score (nSPS) is 16.7. The maximum atomic E-state index is 13.1. The first-order valence-corrected chi connectivity index (χ1v) is 11.3. The van der Waals surface area contributed by atoms with E-state index >= 15 is 0 Å². The van der Waals surface area contributed by atoms with Crippen LogP contribution in [0, 0.1) is 0 Å². The zero-order chi connectivity index (χ0) is 23.5. The number of likely N-dealkylation sites (tertiary alicyclic amines) is 1. The topological polar surface area (TPSA) is 57.6 Å². The first kappa shape index (κ1) is 24.9. The van der Waals surface area contributed by atoms with Crippen LogP contribution in [0.3, 0.4) is 0 Å². The van der Waals surface area contributed by atoms with Gasteiger partial charge in [-0.3, -0.25) is 9.59 Å². The van der Waals surface area contributed by atoms with E-state index in [9.17, 15) is 27.9 Å². The summed E-state index contributed by atoms with van der Waals surface area (Å²) in [4.78, 5) is 27.1. The summed E-state index contributed by atoms with van der Waals surface area (Å²) in [6.45, 7) is 1.45. The van der Waals surface area contributed by atoms with Crippen LogP contribution in [-0.2, 0) is 6.18 Å². The largest absolute Gasteiger partial charge is 0.417 e. The summed E-state index contributed by atoms with van der Waals surface area (Å²) in [7, 11) is 0. The maximum Gasteiger partial charge on any atom is 0.417 e. The molecule has 1 saturated heterocycles. The second kappa shape index (κ2) is 10.0. The third kappa shape index (κ3) is 5.98. The van der Waals surface area contributed by atoms with Gasteiger partial charge in [0.1, 0.15) is 5.60 Å². The van der Waals surface area contributed by atoms with Crippen molar-refractivity contribution in [2.24, 2.45) is 0 Å². The number of aliphatic hydroxyl groups is 1. The Morgan fingerprint density at radius 2 is 1.66 bits per heavy atom. The summed E-state index contributed by atoms with van der Waals surface area (Å²) in [6.07, 6.45) is -3.46. The molecule has 2 aromatic rings. The molecule has 0 unspecified atom stereocenters. The van der Waals surface area contributed by atoms with E-state index in [-0.39, 0.29) is 24.2 Å². The third-order valence-corrected chi connectivity index (χ3v) is 6.54. The van der Waals surface area contributed by atoms with Crippen LogP contribution in [0.2, 0.25) is 5.02 Å². The number of hydrogen-bond acceptors (Lipinski definition) is 4. The Hall–Kier alpha value is -1.74. The second-order valence-electron chi connectivity index (χ2n) is 7.93. The maximum absolute atomic E-state index is 13.1. The molecule has 0 radical (unpaired) electrons. The molecule has 4 nitrogen and oxygen atoms in total. The molecule has 0 atom stereocenters. The quantitative estimate of drug-likeness (QED) is 0.459. The Kier molecular flexibility index (Phi) is 7.81. The highest BCUT2D eigenvalue weighted by atomic mass is 79.9. The molecule has 1 aliphatic rings. The molecule has 0 aromatic heterocycles. The van der Waals surface area contributed by atoms with Gasteiger partial charge in [-0.15, -0.1) is 0 Å². The van der Waals surface area contributed by atoms with Crippen molar-refractivity contribution in [1.29, 1.82) is 0 Å². The molecular weight excluding hydrogens is 511 g/mol. The minimum absolute atomic E-state index is 0.0457. The van der Waals surface area contributed by atoms with Gasteiger partial charge in [-0.2, -0.15) is 13.2 Å². The second-order valence-corrected chi connectivity index (χ2v) is 9.25. The van der Waals surface area contributed by atoms with Gasteiger partial charge in [0, 0.05) is 35.1 Å². The van der Waals surface area contributed by atoms with E-state index in [1.54, 1.807) is 12.1 Å². The Bertz CT molecular complexity index is 987. The zero-order valence-corrected chi connectivity index (χ0v) is 19.4. The lowest BCUT2D eigenvalue weighted by atomic mass is 9.83. The van der Waals surface area contributed by atoms with Gasteiger partial charge in [-0.1, -0.05) is 39.7 Å².